The van der Waals surface area contributed by atoms with Crippen molar-refractivity contribution in [2.45, 2.75) is 25.3 Å². The smallest absolute Gasteiger partial charge is 0.358 e. The Labute approximate surface area is 114 Å². The molecule has 3 rings (SSSR count). The first-order chi connectivity index (χ1) is 9.75. The lowest BCUT2D eigenvalue weighted by molar-refractivity contribution is 0.0691. The summed E-state index contributed by atoms with van der Waals surface area (Å²) in [5.74, 6) is 0.0833. The molecule has 0 spiro atoms. The number of carboxylic acid groups (broad SMARTS) is 1. The summed E-state index contributed by atoms with van der Waals surface area (Å²) >= 11 is 0. The minimum absolute atomic E-state index is 0.0730. The van der Waals surface area contributed by atoms with Gasteiger partial charge in [0.1, 0.15) is 12.2 Å². The maximum atomic E-state index is 11.0. The molecular formula is C12H14N6O2. The summed E-state index contributed by atoms with van der Waals surface area (Å²) in [6.45, 7) is 0.532. The maximum Gasteiger partial charge on any atom is 0.358 e. The summed E-state index contributed by atoms with van der Waals surface area (Å²) in [7, 11) is 0. The van der Waals surface area contributed by atoms with Crippen LogP contribution in [0.25, 0.3) is 0 Å². The van der Waals surface area contributed by atoms with Crippen molar-refractivity contribution < 1.29 is 9.90 Å². The highest BCUT2D eigenvalue weighted by Crippen LogP contribution is 2.35. The first kappa shape index (κ1) is 12.5. The molecule has 0 aliphatic heterocycles. The molecule has 0 bridgehead atoms. The molecule has 0 saturated heterocycles. The fraction of sp³-hybridized carbons (Fsp3) is 0.417. The molecule has 2 aromatic rings. The van der Waals surface area contributed by atoms with Gasteiger partial charge >= 0.3 is 5.97 Å². The van der Waals surface area contributed by atoms with Gasteiger partial charge in [0, 0.05) is 31.4 Å². The second kappa shape index (κ2) is 5.24. The van der Waals surface area contributed by atoms with Crippen LogP contribution in [0.1, 0.15) is 35.2 Å². The summed E-state index contributed by atoms with van der Waals surface area (Å²) in [4.78, 5) is 18.8. The van der Waals surface area contributed by atoms with Gasteiger partial charge in [0.2, 0.25) is 0 Å². The fourth-order valence-corrected chi connectivity index (χ4v) is 2.02. The Morgan fingerprint density at radius 1 is 1.40 bits per heavy atom. The number of hydrogen-bond donors (Lipinski definition) is 2. The molecule has 0 atom stereocenters. The van der Waals surface area contributed by atoms with Crippen LogP contribution < -0.4 is 5.32 Å². The summed E-state index contributed by atoms with van der Waals surface area (Å²) in [5, 5.41) is 20.0. The van der Waals surface area contributed by atoms with Crippen LogP contribution >= 0.6 is 0 Å². The van der Waals surface area contributed by atoms with Gasteiger partial charge in [-0.3, -0.25) is 0 Å². The van der Waals surface area contributed by atoms with Gasteiger partial charge in [-0.05, 0) is 12.8 Å². The van der Waals surface area contributed by atoms with Crippen molar-refractivity contribution in [3.8, 4) is 0 Å². The predicted molar refractivity (Wildman–Crippen MR) is 69.5 cm³/mol. The van der Waals surface area contributed by atoms with E-state index in [4.69, 9.17) is 5.11 Å². The van der Waals surface area contributed by atoms with E-state index in [-0.39, 0.29) is 11.5 Å². The number of anilines is 1. The number of carbonyl (C=O) groups is 1. The number of nitrogens with one attached hydrogen (secondary N) is 1. The van der Waals surface area contributed by atoms with Crippen LogP contribution in [0.4, 0.5) is 5.82 Å². The highest BCUT2D eigenvalue weighted by molar-refractivity contribution is 5.90. The van der Waals surface area contributed by atoms with E-state index in [1.807, 2.05) is 0 Å². The molecule has 0 amide bonds. The van der Waals surface area contributed by atoms with Crippen LogP contribution in [0.3, 0.4) is 0 Å². The lowest BCUT2D eigenvalue weighted by Crippen LogP contribution is -2.14. The third-order valence-electron chi connectivity index (χ3n) is 3.13. The summed E-state index contributed by atoms with van der Waals surface area (Å²) < 4.78 is 2.08. The molecule has 1 saturated carbocycles. The van der Waals surface area contributed by atoms with E-state index in [9.17, 15) is 4.79 Å². The Morgan fingerprint density at radius 2 is 2.20 bits per heavy atom. The van der Waals surface area contributed by atoms with Gasteiger partial charge in [-0.25, -0.2) is 14.8 Å². The molecule has 1 aliphatic rings. The molecule has 0 unspecified atom stereocenters. The van der Waals surface area contributed by atoms with Crippen LogP contribution in [-0.2, 0) is 6.42 Å². The third-order valence-corrected chi connectivity index (χ3v) is 3.13. The quantitative estimate of drug-likeness (QED) is 0.800. The number of rotatable bonds is 6. The van der Waals surface area contributed by atoms with Crippen molar-refractivity contribution >= 4 is 11.8 Å². The molecule has 0 radical (unpaired) electrons. The van der Waals surface area contributed by atoms with Gasteiger partial charge in [-0.1, -0.05) is 0 Å². The van der Waals surface area contributed by atoms with Gasteiger partial charge in [-0.2, -0.15) is 0 Å². The largest absolute Gasteiger partial charge is 0.476 e. The zero-order valence-electron chi connectivity index (χ0n) is 10.7. The molecule has 1 fully saturated rings. The highest BCUT2D eigenvalue weighted by Gasteiger charge is 2.25. The van der Waals surface area contributed by atoms with Gasteiger partial charge < -0.3 is 15.0 Å². The minimum atomic E-state index is -1.10. The lowest BCUT2D eigenvalue weighted by atomic mass is 10.3. The van der Waals surface area contributed by atoms with Gasteiger partial charge in [0.05, 0.1) is 0 Å². The Bertz CT molecular complexity index is 622. The standard InChI is InChI=1S/C12H14N6O2/c19-12(20)10-11(15-6-5-13-10)14-4-3-9-17-16-7-18(9)8-1-2-8/h5-8H,1-4H2,(H,14,15)(H,19,20). The SMILES string of the molecule is O=C(O)c1nccnc1NCCc1nncn1C1CC1. The zero-order chi connectivity index (χ0) is 13.9. The van der Waals surface area contributed by atoms with Gasteiger partial charge in [0.25, 0.3) is 0 Å². The average Bonchev–Trinajstić information content (AvgIpc) is 3.19. The van der Waals surface area contributed by atoms with Crippen LogP contribution in [0.5, 0.6) is 0 Å². The number of hydrogen-bond acceptors (Lipinski definition) is 6. The van der Waals surface area contributed by atoms with Crippen LogP contribution in [0, 0.1) is 0 Å². The van der Waals surface area contributed by atoms with Gasteiger partial charge in [-0.15, -0.1) is 10.2 Å². The first-order valence-electron chi connectivity index (χ1n) is 6.42. The monoisotopic (exact) mass is 274 g/mol. The van der Waals surface area contributed by atoms with Gasteiger partial charge in [0.15, 0.2) is 11.5 Å². The van der Waals surface area contributed by atoms with Crippen molar-refractivity contribution in [3.05, 3.63) is 30.2 Å². The molecule has 0 aromatic carbocycles. The van der Waals surface area contributed by atoms with E-state index in [0.29, 0.717) is 19.0 Å². The molecule has 1 aliphatic carbocycles. The molecule has 8 nitrogen and oxygen atoms in total. The Kier molecular flexibility index (Phi) is 3.28. The van der Waals surface area contributed by atoms with Crippen LogP contribution in [0.2, 0.25) is 0 Å². The maximum absolute atomic E-state index is 11.0. The average molecular weight is 274 g/mol. The van der Waals surface area contributed by atoms with Crippen molar-refractivity contribution in [2.24, 2.45) is 0 Å². The fourth-order valence-electron chi connectivity index (χ4n) is 2.02. The van der Waals surface area contributed by atoms with E-state index in [1.165, 1.54) is 25.2 Å². The van der Waals surface area contributed by atoms with Crippen molar-refractivity contribution in [3.63, 3.8) is 0 Å². The number of carboxylic acids is 1. The second-order valence-electron chi connectivity index (χ2n) is 4.62. The number of nitrogens with zero attached hydrogens (tertiary/aromatic N) is 5. The Hall–Kier alpha value is -2.51. The van der Waals surface area contributed by atoms with Crippen molar-refractivity contribution in [1.82, 2.24) is 24.7 Å². The highest BCUT2D eigenvalue weighted by atomic mass is 16.4. The van der Waals surface area contributed by atoms with E-state index in [1.54, 1.807) is 6.33 Å². The van der Waals surface area contributed by atoms with E-state index in [0.717, 1.165) is 5.82 Å². The molecule has 8 heteroatoms. The Morgan fingerprint density at radius 3 is 2.95 bits per heavy atom. The zero-order valence-corrected chi connectivity index (χ0v) is 10.7. The second-order valence-corrected chi connectivity index (χ2v) is 4.62. The molecule has 2 N–H and O–H groups in total. The normalized spacial score (nSPS) is 14.2. The summed E-state index contributed by atoms with van der Waals surface area (Å²) in [6.07, 6.45) is 7.57. The van der Waals surface area contributed by atoms with Crippen molar-refractivity contribution in [1.29, 1.82) is 0 Å². The van der Waals surface area contributed by atoms with E-state index in [2.05, 4.69) is 30.0 Å². The number of aromatic nitrogens is 5. The first-order valence-corrected chi connectivity index (χ1v) is 6.42. The van der Waals surface area contributed by atoms with Crippen molar-refractivity contribution in [2.75, 3.05) is 11.9 Å². The lowest BCUT2D eigenvalue weighted by Gasteiger charge is -2.08. The van der Waals surface area contributed by atoms with Crippen LogP contribution in [-0.4, -0.2) is 42.4 Å². The third kappa shape index (κ3) is 2.58. The molecular weight excluding hydrogens is 260 g/mol. The summed E-state index contributed by atoms with van der Waals surface area (Å²) in [6, 6.07) is 0.533. The van der Waals surface area contributed by atoms with E-state index >= 15 is 0 Å². The van der Waals surface area contributed by atoms with Crippen LogP contribution in [0.15, 0.2) is 18.7 Å². The Balaban J connectivity index is 1.62. The molecule has 2 aromatic heterocycles. The minimum Gasteiger partial charge on any atom is -0.476 e. The summed E-state index contributed by atoms with van der Waals surface area (Å²) in [5.41, 5.74) is -0.0730. The predicted octanol–water partition coefficient (Wildman–Crippen LogP) is 0.756. The molecule has 104 valence electrons. The molecule has 2 heterocycles. The van der Waals surface area contributed by atoms with E-state index < -0.39 is 5.97 Å². The number of aromatic carboxylic acids is 1. The topological polar surface area (TPSA) is 106 Å². The molecule has 20 heavy (non-hydrogen) atoms.